The lowest BCUT2D eigenvalue weighted by Crippen LogP contribution is -2.21. The van der Waals surface area contributed by atoms with Gasteiger partial charge in [0, 0.05) is 23.9 Å². The van der Waals surface area contributed by atoms with Gasteiger partial charge in [-0.3, -0.25) is 14.4 Å². The van der Waals surface area contributed by atoms with Crippen molar-refractivity contribution in [1.82, 2.24) is 4.57 Å². The van der Waals surface area contributed by atoms with Crippen LogP contribution in [0.3, 0.4) is 0 Å². The van der Waals surface area contributed by atoms with Crippen molar-refractivity contribution in [3.63, 3.8) is 0 Å². The Labute approximate surface area is 81.2 Å². The molecule has 0 aliphatic carbocycles. The third kappa shape index (κ3) is 1.96. The van der Waals surface area contributed by atoms with Crippen LogP contribution in [0.5, 0.6) is 0 Å². The molecule has 4 nitrogen and oxygen atoms in total. The normalized spacial score (nSPS) is 10.2. The average Bonchev–Trinajstić information content (AvgIpc) is 2.17. The Morgan fingerprint density at radius 3 is 2.57 bits per heavy atom. The first-order chi connectivity index (χ1) is 6.56. The monoisotopic (exact) mass is 193 g/mol. The van der Waals surface area contributed by atoms with Crippen molar-refractivity contribution >= 4 is 12.1 Å². The zero-order chi connectivity index (χ0) is 10.7. The molecular weight excluding hydrogens is 182 g/mol. The molecule has 0 N–H and O–H groups in total. The molecule has 0 bridgehead atoms. The molecule has 0 aromatic carbocycles. The van der Waals surface area contributed by atoms with Crippen LogP contribution in [0.25, 0.3) is 0 Å². The second-order valence-corrected chi connectivity index (χ2v) is 3.24. The molecule has 0 amide bonds. The molecule has 0 radical (unpaired) electrons. The molecule has 0 aliphatic heterocycles. The molecule has 14 heavy (non-hydrogen) atoms. The summed E-state index contributed by atoms with van der Waals surface area (Å²) in [5.74, 6) is -0.612. The van der Waals surface area contributed by atoms with Crippen molar-refractivity contribution in [3.05, 3.63) is 34.2 Å². The van der Waals surface area contributed by atoms with Crippen LogP contribution < -0.4 is 5.56 Å². The van der Waals surface area contributed by atoms with Gasteiger partial charge in [-0.1, -0.05) is 0 Å². The van der Waals surface area contributed by atoms with E-state index in [4.69, 9.17) is 0 Å². The van der Waals surface area contributed by atoms with E-state index in [-0.39, 0.29) is 23.5 Å². The van der Waals surface area contributed by atoms with Crippen molar-refractivity contribution in [2.45, 2.75) is 19.9 Å². The smallest absolute Gasteiger partial charge is 0.250 e. The summed E-state index contributed by atoms with van der Waals surface area (Å²) in [5.41, 5.74) is 0.0655. The van der Waals surface area contributed by atoms with Crippen LogP contribution in [-0.2, 0) is 4.79 Å². The number of hydrogen-bond acceptors (Lipinski definition) is 3. The summed E-state index contributed by atoms with van der Waals surface area (Å²) < 4.78 is 1.41. The summed E-state index contributed by atoms with van der Waals surface area (Å²) in [7, 11) is 0. The molecule has 0 fully saturated rings. The molecule has 1 aromatic heterocycles. The third-order valence-electron chi connectivity index (χ3n) is 1.89. The van der Waals surface area contributed by atoms with Crippen molar-refractivity contribution in [2.24, 2.45) is 0 Å². The standard InChI is InChI=1S/C10H11NO3/c1-7(2)11-5-8(9(13)6-12)3-4-10(11)14/h3-7H,1-2H3. The molecule has 0 saturated heterocycles. The number of aromatic nitrogens is 1. The number of carbonyl (C=O) groups is 2. The minimum Gasteiger partial charge on any atom is -0.312 e. The number of aldehydes is 1. The highest BCUT2D eigenvalue weighted by Crippen LogP contribution is 2.02. The maximum atomic E-state index is 11.3. The zero-order valence-electron chi connectivity index (χ0n) is 8.06. The molecule has 74 valence electrons. The van der Waals surface area contributed by atoms with E-state index < -0.39 is 5.78 Å². The number of hydrogen-bond donors (Lipinski definition) is 0. The lowest BCUT2D eigenvalue weighted by molar-refractivity contribution is -0.104. The molecular formula is C10H11NO3. The van der Waals surface area contributed by atoms with Gasteiger partial charge in [0.05, 0.1) is 0 Å². The minimum atomic E-state index is -0.612. The third-order valence-corrected chi connectivity index (χ3v) is 1.89. The van der Waals surface area contributed by atoms with E-state index in [9.17, 15) is 14.4 Å². The van der Waals surface area contributed by atoms with Crippen molar-refractivity contribution in [3.8, 4) is 0 Å². The van der Waals surface area contributed by atoms with E-state index in [2.05, 4.69) is 0 Å². The molecule has 0 aliphatic rings. The SMILES string of the molecule is CC(C)n1cc(C(=O)C=O)ccc1=O. The van der Waals surface area contributed by atoms with Crippen LogP contribution in [-0.4, -0.2) is 16.6 Å². The largest absolute Gasteiger partial charge is 0.312 e. The zero-order valence-corrected chi connectivity index (χ0v) is 8.06. The van der Waals surface area contributed by atoms with Gasteiger partial charge < -0.3 is 4.57 Å². The maximum absolute atomic E-state index is 11.3. The molecule has 0 saturated carbocycles. The van der Waals surface area contributed by atoms with E-state index >= 15 is 0 Å². The quantitative estimate of drug-likeness (QED) is 0.405. The highest BCUT2D eigenvalue weighted by Gasteiger charge is 2.07. The second kappa shape index (κ2) is 4.00. The Hall–Kier alpha value is -1.71. The molecule has 1 rings (SSSR count). The van der Waals surface area contributed by atoms with Gasteiger partial charge >= 0.3 is 0 Å². The Bertz CT molecular complexity index is 418. The first-order valence-corrected chi connectivity index (χ1v) is 4.28. The molecule has 0 unspecified atom stereocenters. The van der Waals surface area contributed by atoms with Gasteiger partial charge in [-0.15, -0.1) is 0 Å². The topological polar surface area (TPSA) is 56.1 Å². The molecule has 1 heterocycles. The van der Waals surface area contributed by atoms with Gasteiger partial charge in [0.1, 0.15) is 0 Å². The van der Waals surface area contributed by atoms with Crippen LogP contribution in [0.1, 0.15) is 30.2 Å². The number of Topliss-reactive ketones (excluding diaryl/α,β-unsaturated/α-hetero) is 1. The number of nitrogens with zero attached hydrogens (tertiary/aromatic N) is 1. The summed E-state index contributed by atoms with van der Waals surface area (Å²) in [6.45, 7) is 3.66. The molecule has 4 heteroatoms. The van der Waals surface area contributed by atoms with Crippen molar-refractivity contribution in [1.29, 1.82) is 0 Å². The van der Waals surface area contributed by atoms with E-state index in [0.717, 1.165) is 0 Å². The van der Waals surface area contributed by atoms with E-state index in [1.54, 1.807) is 0 Å². The Kier molecular flexibility index (Phi) is 2.96. The van der Waals surface area contributed by atoms with Crippen LogP contribution in [0.2, 0.25) is 0 Å². The van der Waals surface area contributed by atoms with E-state index in [1.165, 1.54) is 22.9 Å². The van der Waals surface area contributed by atoms with Crippen molar-refractivity contribution in [2.75, 3.05) is 0 Å². The van der Waals surface area contributed by atoms with Gasteiger partial charge in [-0.25, -0.2) is 0 Å². The van der Waals surface area contributed by atoms with Gasteiger partial charge in [0.2, 0.25) is 5.78 Å². The van der Waals surface area contributed by atoms with Gasteiger partial charge in [0.25, 0.3) is 5.56 Å². The maximum Gasteiger partial charge on any atom is 0.250 e. The predicted molar refractivity (Wildman–Crippen MR) is 51.5 cm³/mol. The Morgan fingerprint density at radius 1 is 1.43 bits per heavy atom. The summed E-state index contributed by atoms with van der Waals surface area (Å²) in [6.07, 6.45) is 1.65. The first-order valence-electron chi connectivity index (χ1n) is 4.28. The fraction of sp³-hybridized carbons (Fsp3) is 0.300. The Balaban J connectivity index is 3.26. The van der Waals surface area contributed by atoms with Crippen LogP contribution >= 0.6 is 0 Å². The number of ketones is 1. The number of carbonyl (C=O) groups excluding carboxylic acids is 2. The van der Waals surface area contributed by atoms with Gasteiger partial charge in [-0.05, 0) is 19.9 Å². The summed E-state index contributed by atoms with van der Waals surface area (Å²) in [4.78, 5) is 32.5. The molecule has 0 atom stereocenters. The fourth-order valence-corrected chi connectivity index (χ4v) is 1.12. The summed E-state index contributed by atoms with van der Waals surface area (Å²) in [6, 6.07) is 2.62. The first kappa shape index (κ1) is 10.4. The number of pyridine rings is 1. The highest BCUT2D eigenvalue weighted by molar-refractivity contribution is 6.33. The van der Waals surface area contributed by atoms with Crippen LogP contribution in [0.15, 0.2) is 23.1 Å². The van der Waals surface area contributed by atoms with Gasteiger partial charge in [-0.2, -0.15) is 0 Å². The minimum absolute atomic E-state index is 0.0260. The van der Waals surface area contributed by atoms with Gasteiger partial charge in [0.15, 0.2) is 6.29 Å². The van der Waals surface area contributed by atoms with Crippen molar-refractivity contribution < 1.29 is 9.59 Å². The van der Waals surface area contributed by atoms with E-state index in [1.807, 2.05) is 13.8 Å². The summed E-state index contributed by atoms with van der Waals surface area (Å²) in [5, 5.41) is 0. The molecule has 1 aromatic rings. The number of rotatable bonds is 3. The highest BCUT2D eigenvalue weighted by atomic mass is 16.2. The second-order valence-electron chi connectivity index (χ2n) is 3.24. The van der Waals surface area contributed by atoms with Crippen LogP contribution in [0, 0.1) is 0 Å². The lowest BCUT2D eigenvalue weighted by Gasteiger charge is -2.09. The van der Waals surface area contributed by atoms with E-state index in [0.29, 0.717) is 0 Å². The van der Waals surface area contributed by atoms with Crippen LogP contribution in [0.4, 0.5) is 0 Å². The Morgan fingerprint density at radius 2 is 2.07 bits per heavy atom. The predicted octanol–water partition coefficient (Wildman–Crippen LogP) is 0.811. The summed E-state index contributed by atoms with van der Waals surface area (Å²) >= 11 is 0. The molecule has 0 spiro atoms. The average molecular weight is 193 g/mol. The lowest BCUT2D eigenvalue weighted by atomic mass is 10.2. The fourth-order valence-electron chi connectivity index (χ4n) is 1.12.